The molecule has 0 aliphatic heterocycles. The lowest BCUT2D eigenvalue weighted by Gasteiger charge is -2.13. The second-order valence-corrected chi connectivity index (χ2v) is 5.62. The van der Waals surface area contributed by atoms with Crippen LogP contribution >= 0.6 is 0 Å². The van der Waals surface area contributed by atoms with E-state index in [9.17, 15) is 14.6 Å². The average molecular weight is 297 g/mol. The van der Waals surface area contributed by atoms with Crippen molar-refractivity contribution in [2.45, 2.75) is 19.8 Å². The lowest BCUT2D eigenvalue weighted by Crippen LogP contribution is -1.92. The number of benzene rings is 2. The van der Waals surface area contributed by atoms with E-state index in [1.165, 1.54) is 12.1 Å². The third-order valence-corrected chi connectivity index (χ3v) is 3.66. The van der Waals surface area contributed by atoms with Crippen molar-refractivity contribution >= 4 is 10.9 Å². The highest BCUT2D eigenvalue weighted by Gasteiger charge is 2.14. The molecule has 0 aliphatic rings. The van der Waals surface area contributed by atoms with Crippen LogP contribution in [0, 0.1) is 5.82 Å². The first-order valence-corrected chi connectivity index (χ1v) is 7.08. The molecule has 2 N–H and O–H groups in total. The molecule has 2 aromatic carbocycles. The standard InChI is InChI=1S/C18H16FNO2/c1-10(2)18-16(21)8-12(9-17(18)22)15-5-3-11-7-13(19)4-6-14(11)20-15/h3-10,21-22H,1-2H3. The predicted octanol–water partition coefficient (Wildman–Crippen LogP) is 4.58. The minimum Gasteiger partial charge on any atom is -0.507 e. The monoisotopic (exact) mass is 297 g/mol. The van der Waals surface area contributed by atoms with Gasteiger partial charge in [0.2, 0.25) is 0 Å². The fourth-order valence-electron chi connectivity index (χ4n) is 2.62. The summed E-state index contributed by atoms with van der Waals surface area (Å²) in [6.07, 6.45) is 0. The van der Waals surface area contributed by atoms with Crippen LogP contribution in [0.3, 0.4) is 0 Å². The van der Waals surface area contributed by atoms with Gasteiger partial charge in [0.15, 0.2) is 0 Å². The van der Waals surface area contributed by atoms with Gasteiger partial charge in [0.25, 0.3) is 0 Å². The summed E-state index contributed by atoms with van der Waals surface area (Å²) >= 11 is 0. The molecule has 0 amide bonds. The molecule has 1 heterocycles. The first kappa shape index (κ1) is 14.3. The van der Waals surface area contributed by atoms with Crippen LogP contribution in [0.4, 0.5) is 4.39 Å². The number of pyridine rings is 1. The molecule has 0 atom stereocenters. The molecule has 0 aliphatic carbocycles. The van der Waals surface area contributed by atoms with Gasteiger partial charge in [-0.05, 0) is 42.3 Å². The van der Waals surface area contributed by atoms with E-state index in [2.05, 4.69) is 4.98 Å². The molecule has 4 heteroatoms. The Bertz CT molecular complexity index is 836. The fourth-order valence-corrected chi connectivity index (χ4v) is 2.62. The van der Waals surface area contributed by atoms with Gasteiger partial charge >= 0.3 is 0 Å². The summed E-state index contributed by atoms with van der Waals surface area (Å²) in [5.74, 6) is -0.197. The number of hydrogen-bond donors (Lipinski definition) is 2. The molecule has 0 spiro atoms. The number of fused-ring (bicyclic) bond motifs is 1. The van der Waals surface area contributed by atoms with Gasteiger partial charge in [0.1, 0.15) is 17.3 Å². The zero-order valence-electron chi connectivity index (χ0n) is 12.3. The summed E-state index contributed by atoms with van der Waals surface area (Å²) in [6.45, 7) is 3.80. The molecule has 0 saturated heterocycles. The van der Waals surface area contributed by atoms with Gasteiger partial charge in [-0.25, -0.2) is 9.37 Å². The Balaban J connectivity index is 2.13. The number of aromatic hydroxyl groups is 2. The van der Waals surface area contributed by atoms with E-state index in [-0.39, 0.29) is 23.2 Å². The minimum atomic E-state index is -0.307. The highest BCUT2D eigenvalue weighted by atomic mass is 19.1. The highest BCUT2D eigenvalue weighted by molar-refractivity contribution is 5.82. The second-order valence-electron chi connectivity index (χ2n) is 5.62. The quantitative estimate of drug-likeness (QED) is 0.728. The van der Waals surface area contributed by atoms with Crippen LogP contribution in [0.15, 0.2) is 42.5 Å². The lowest BCUT2D eigenvalue weighted by atomic mass is 9.97. The van der Waals surface area contributed by atoms with Gasteiger partial charge in [-0.2, -0.15) is 0 Å². The molecular formula is C18H16FNO2. The minimum absolute atomic E-state index is 0.0154. The smallest absolute Gasteiger partial charge is 0.123 e. The molecule has 0 unspecified atom stereocenters. The van der Waals surface area contributed by atoms with E-state index < -0.39 is 0 Å². The summed E-state index contributed by atoms with van der Waals surface area (Å²) in [4.78, 5) is 4.45. The lowest BCUT2D eigenvalue weighted by molar-refractivity contribution is 0.434. The van der Waals surface area contributed by atoms with E-state index in [1.807, 2.05) is 13.8 Å². The largest absolute Gasteiger partial charge is 0.507 e. The number of phenols is 2. The second kappa shape index (κ2) is 5.30. The Morgan fingerprint density at radius 2 is 1.64 bits per heavy atom. The SMILES string of the molecule is CC(C)c1c(O)cc(-c2ccc3cc(F)ccc3n2)cc1O. The molecule has 0 saturated carbocycles. The molecule has 0 radical (unpaired) electrons. The van der Waals surface area contributed by atoms with Crippen LogP contribution in [0.1, 0.15) is 25.3 Å². The number of phenolic OH excluding ortho intramolecular Hbond substituents is 2. The molecule has 0 fully saturated rings. The zero-order valence-corrected chi connectivity index (χ0v) is 12.3. The van der Waals surface area contributed by atoms with Crippen molar-refractivity contribution in [3.05, 3.63) is 53.8 Å². The number of hydrogen-bond acceptors (Lipinski definition) is 3. The van der Waals surface area contributed by atoms with Crippen molar-refractivity contribution < 1.29 is 14.6 Å². The Kier molecular flexibility index (Phi) is 3.45. The maximum Gasteiger partial charge on any atom is 0.123 e. The first-order valence-electron chi connectivity index (χ1n) is 7.08. The van der Waals surface area contributed by atoms with Gasteiger partial charge in [0, 0.05) is 16.5 Å². The molecule has 3 nitrogen and oxygen atoms in total. The third-order valence-electron chi connectivity index (χ3n) is 3.66. The molecule has 3 rings (SSSR count). The van der Waals surface area contributed by atoms with Crippen LogP contribution in [0.5, 0.6) is 11.5 Å². The third kappa shape index (κ3) is 2.48. The van der Waals surface area contributed by atoms with Crippen molar-refractivity contribution in [1.29, 1.82) is 0 Å². The van der Waals surface area contributed by atoms with Crippen molar-refractivity contribution in [1.82, 2.24) is 4.98 Å². The van der Waals surface area contributed by atoms with E-state index >= 15 is 0 Å². The molecule has 1 aromatic heterocycles. The van der Waals surface area contributed by atoms with Gasteiger partial charge < -0.3 is 10.2 Å². The maximum absolute atomic E-state index is 13.2. The van der Waals surface area contributed by atoms with E-state index in [4.69, 9.17) is 0 Å². The summed E-state index contributed by atoms with van der Waals surface area (Å²) in [7, 11) is 0. The highest BCUT2D eigenvalue weighted by Crippen LogP contribution is 2.37. The summed E-state index contributed by atoms with van der Waals surface area (Å²) < 4.78 is 13.2. The first-order chi connectivity index (χ1) is 10.5. The maximum atomic E-state index is 13.2. The topological polar surface area (TPSA) is 53.4 Å². The molecule has 112 valence electrons. The van der Waals surface area contributed by atoms with Crippen molar-refractivity contribution in [2.24, 2.45) is 0 Å². The normalized spacial score (nSPS) is 11.3. The number of aromatic nitrogens is 1. The average Bonchev–Trinajstić information content (AvgIpc) is 2.45. The van der Waals surface area contributed by atoms with Crippen LogP contribution in [-0.2, 0) is 0 Å². The van der Waals surface area contributed by atoms with Gasteiger partial charge in [-0.1, -0.05) is 19.9 Å². The van der Waals surface area contributed by atoms with Gasteiger partial charge in [0.05, 0.1) is 11.2 Å². The Morgan fingerprint density at radius 1 is 0.955 bits per heavy atom. The van der Waals surface area contributed by atoms with Crippen LogP contribution in [-0.4, -0.2) is 15.2 Å². The molecule has 0 bridgehead atoms. The number of nitrogens with zero attached hydrogens (tertiary/aromatic N) is 1. The van der Waals surface area contributed by atoms with E-state index in [0.29, 0.717) is 27.7 Å². The summed E-state index contributed by atoms with van der Waals surface area (Å²) in [6, 6.07) is 11.1. The predicted molar refractivity (Wildman–Crippen MR) is 84.6 cm³/mol. The van der Waals surface area contributed by atoms with Crippen molar-refractivity contribution in [3.8, 4) is 22.8 Å². The van der Waals surface area contributed by atoms with Gasteiger partial charge in [-0.3, -0.25) is 0 Å². The Morgan fingerprint density at radius 3 is 2.27 bits per heavy atom. The number of halogens is 1. The molecular weight excluding hydrogens is 281 g/mol. The molecule has 3 aromatic rings. The van der Waals surface area contributed by atoms with Crippen LogP contribution in [0.2, 0.25) is 0 Å². The Hall–Kier alpha value is -2.62. The molecule has 22 heavy (non-hydrogen) atoms. The van der Waals surface area contributed by atoms with E-state index in [0.717, 1.165) is 0 Å². The van der Waals surface area contributed by atoms with E-state index in [1.54, 1.807) is 30.3 Å². The summed E-state index contributed by atoms with van der Waals surface area (Å²) in [5.41, 5.74) is 2.41. The fraction of sp³-hybridized carbons (Fsp3) is 0.167. The Labute approximate surface area is 127 Å². The van der Waals surface area contributed by atoms with Gasteiger partial charge in [-0.15, -0.1) is 0 Å². The summed E-state index contributed by atoms with van der Waals surface area (Å²) in [5, 5.41) is 20.9. The zero-order chi connectivity index (χ0) is 15.9. The van der Waals surface area contributed by atoms with Crippen LogP contribution < -0.4 is 0 Å². The van der Waals surface area contributed by atoms with Crippen molar-refractivity contribution in [2.75, 3.05) is 0 Å². The van der Waals surface area contributed by atoms with Crippen molar-refractivity contribution in [3.63, 3.8) is 0 Å². The number of rotatable bonds is 2. The van der Waals surface area contributed by atoms with Crippen LogP contribution in [0.25, 0.3) is 22.2 Å².